The van der Waals surface area contributed by atoms with Crippen molar-refractivity contribution >= 4 is 11.5 Å². The van der Waals surface area contributed by atoms with Gasteiger partial charge in [0, 0.05) is 11.9 Å². The van der Waals surface area contributed by atoms with E-state index in [1.807, 2.05) is 13.0 Å². The fourth-order valence-electron chi connectivity index (χ4n) is 1.53. The third-order valence-corrected chi connectivity index (χ3v) is 2.38. The van der Waals surface area contributed by atoms with Crippen LogP contribution in [0.4, 0.5) is 24.7 Å². The number of alkyl halides is 3. The van der Waals surface area contributed by atoms with Crippen LogP contribution in [0, 0.1) is 6.92 Å². The van der Waals surface area contributed by atoms with Crippen molar-refractivity contribution in [2.24, 2.45) is 0 Å². The van der Waals surface area contributed by atoms with Crippen molar-refractivity contribution in [2.45, 2.75) is 13.1 Å². The molecule has 1 N–H and O–H groups in total. The van der Waals surface area contributed by atoms with E-state index in [0.717, 1.165) is 17.7 Å². The zero-order valence-electron chi connectivity index (χ0n) is 9.62. The lowest BCUT2D eigenvalue weighted by Crippen LogP contribution is -2.05. The minimum atomic E-state index is -4.34. The molecule has 0 saturated carbocycles. The number of nitrogens with one attached hydrogen (secondary N) is 1. The Balaban J connectivity index is 2.25. The Morgan fingerprint density at radius 1 is 1.11 bits per heavy atom. The summed E-state index contributed by atoms with van der Waals surface area (Å²) in [5, 5.41) is 2.85. The van der Waals surface area contributed by atoms with E-state index >= 15 is 0 Å². The Morgan fingerprint density at radius 2 is 1.89 bits per heavy atom. The molecule has 94 valence electrons. The largest absolute Gasteiger partial charge is 0.416 e. The van der Waals surface area contributed by atoms with E-state index in [1.54, 1.807) is 18.3 Å². The van der Waals surface area contributed by atoms with Crippen LogP contribution in [0.2, 0.25) is 0 Å². The number of halogens is 3. The van der Waals surface area contributed by atoms with Crippen LogP contribution in [0.25, 0.3) is 0 Å². The number of aryl methyl sites for hydroxylation is 1. The van der Waals surface area contributed by atoms with Gasteiger partial charge in [-0.25, -0.2) is 4.98 Å². The highest BCUT2D eigenvalue weighted by molar-refractivity contribution is 5.57. The molecular weight excluding hydrogens is 241 g/mol. The highest BCUT2D eigenvalue weighted by Gasteiger charge is 2.30. The molecule has 2 nitrogen and oxygen atoms in total. The summed E-state index contributed by atoms with van der Waals surface area (Å²) in [6, 6.07) is 8.61. The first-order chi connectivity index (χ1) is 8.45. The molecule has 0 unspecified atom stereocenters. The highest BCUT2D eigenvalue weighted by atomic mass is 19.4. The second-order valence-electron chi connectivity index (χ2n) is 3.92. The van der Waals surface area contributed by atoms with Gasteiger partial charge in [-0.3, -0.25) is 0 Å². The topological polar surface area (TPSA) is 24.9 Å². The van der Waals surface area contributed by atoms with Crippen molar-refractivity contribution in [3.05, 3.63) is 53.7 Å². The lowest BCUT2D eigenvalue weighted by Gasteiger charge is -2.10. The fraction of sp³-hybridized carbons (Fsp3) is 0.154. The van der Waals surface area contributed by atoms with Crippen molar-refractivity contribution in [2.75, 3.05) is 5.32 Å². The Kier molecular flexibility index (Phi) is 3.23. The van der Waals surface area contributed by atoms with Crippen LogP contribution in [0.5, 0.6) is 0 Å². The zero-order chi connectivity index (χ0) is 13.2. The van der Waals surface area contributed by atoms with Gasteiger partial charge in [-0.2, -0.15) is 13.2 Å². The number of rotatable bonds is 2. The normalized spacial score (nSPS) is 11.3. The number of pyridine rings is 1. The number of hydrogen-bond donors (Lipinski definition) is 1. The van der Waals surface area contributed by atoms with Crippen molar-refractivity contribution in [1.82, 2.24) is 4.98 Å². The smallest absolute Gasteiger partial charge is 0.340 e. The predicted octanol–water partition coefficient (Wildman–Crippen LogP) is 4.15. The average Bonchev–Trinajstić information content (AvgIpc) is 2.28. The Labute approximate surface area is 102 Å². The SMILES string of the molecule is Cc1ccnc(Nc2cccc(C(F)(F)F)c2)c1. The first kappa shape index (κ1) is 12.4. The number of hydrogen-bond acceptors (Lipinski definition) is 2. The number of nitrogens with zero attached hydrogens (tertiary/aromatic N) is 1. The van der Waals surface area contributed by atoms with Gasteiger partial charge in [0.2, 0.25) is 0 Å². The molecule has 0 radical (unpaired) electrons. The minimum Gasteiger partial charge on any atom is -0.340 e. The van der Waals surface area contributed by atoms with E-state index in [-0.39, 0.29) is 0 Å². The fourth-order valence-corrected chi connectivity index (χ4v) is 1.53. The molecule has 2 aromatic rings. The van der Waals surface area contributed by atoms with Gasteiger partial charge >= 0.3 is 6.18 Å². The molecule has 0 spiro atoms. The van der Waals surface area contributed by atoms with Gasteiger partial charge in [-0.15, -0.1) is 0 Å². The molecule has 0 atom stereocenters. The molecule has 0 aliphatic carbocycles. The second-order valence-corrected chi connectivity index (χ2v) is 3.92. The third-order valence-electron chi connectivity index (χ3n) is 2.38. The van der Waals surface area contributed by atoms with E-state index in [0.29, 0.717) is 11.5 Å². The van der Waals surface area contributed by atoms with Crippen LogP contribution in [-0.4, -0.2) is 4.98 Å². The number of anilines is 2. The Bertz CT molecular complexity index is 550. The molecular formula is C13H11F3N2. The summed E-state index contributed by atoms with van der Waals surface area (Å²) >= 11 is 0. The maximum atomic E-state index is 12.5. The highest BCUT2D eigenvalue weighted by Crippen LogP contribution is 2.31. The van der Waals surface area contributed by atoms with Crippen molar-refractivity contribution in [3.8, 4) is 0 Å². The third kappa shape index (κ3) is 3.00. The monoisotopic (exact) mass is 252 g/mol. The lowest BCUT2D eigenvalue weighted by atomic mass is 10.2. The van der Waals surface area contributed by atoms with Crippen LogP contribution in [0.3, 0.4) is 0 Å². The number of benzene rings is 1. The lowest BCUT2D eigenvalue weighted by molar-refractivity contribution is -0.137. The van der Waals surface area contributed by atoms with Crippen molar-refractivity contribution in [3.63, 3.8) is 0 Å². The summed E-state index contributed by atoms with van der Waals surface area (Å²) in [6.45, 7) is 1.89. The van der Waals surface area contributed by atoms with Gasteiger partial charge in [0.15, 0.2) is 0 Å². The van der Waals surface area contributed by atoms with E-state index < -0.39 is 11.7 Å². The maximum absolute atomic E-state index is 12.5. The molecule has 0 bridgehead atoms. The van der Waals surface area contributed by atoms with Gasteiger partial charge in [0.05, 0.1) is 5.56 Å². The molecule has 1 heterocycles. The molecule has 5 heteroatoms. The average molecular weight is 252 g/mol. The minimum absolute atomic E-state index is 0.364. The van der Waals surface area contributed by atoms with Crippen LogP contribution in [-0.2, 0) is 6.18 Å². The van der Waals surface area contributed by atoms with E-state index in [1.165, 1.54) is 6.07 Å². The molecule has 0 aliphatic heterocycles. The number of aromatic nitrogens is 1. The summed E-state index contributed by atoms with van der Waals surface area (Å²) in [6.07, 6.45) is -2.73. The van der Waals surface area contributed by atoms with Gasteiger partial charge in [0.1, 0.15) is 5.82 Å². The van der Waals surface area contributed by atoms with Crippen molar-refractivity contribution in [1.29, 1.82) is 0 Å². The van der Waals surface area contributed by atoms with E-state index in [4.69, 9.17) is 0 Å². The second kappa shape index (κ2) is 4.68. The van der Waals surface area contributed by atoms with E-state index in [9.17, 15) is 13.2 Å². The van der Waals surface area contributed by atoms with Crippen LogP contribution in [0.1, 0.15) is 11.1 Å². The first-order valence-electron chi connectivity index (χ1n) is 5.32. The summed E-state index contributed by atoms with van der Waals surface area (Å²) in [5.41, 5.74) is 0.669. The van der Waals surface area contributed by atoms with Crippen LogP contribution >= 0.6 is 0 Å². The molecule has 1 aromatic heterocycles. The predicted molar refractivity (Wildman–Crippen MR) is 63.7 cm³/mol. The van der Waals surface area contributed by atoms with Gasteiger partial charge in [0.25, 0.3) is 0 Å². The summed E-state index contributed by atoms with van der Waals surface area (Å²) in [4.78, 5) is 4.03. The quantitative estimate of drug-likeness (QED) is 0.868. The molecule has 2 rings (SSSR count). The summed E-state index contributed by atoms with van der Waals surface area (Å²) in [7, 11) is 0. The molecule has 0 fully saturated rings. The first-order valence-corrected chi connectivity index (χ1v) is 5.32. The standard InChI is InChI=1S/C13H11F3N2/c1-9-5-6-17-12(7-9)18-11-4-2-3-10(8-11)13(14,15)16/h2-8H,1H3,(H,17,18). The van der Waals surface area contributed by atoms with E-state index in [2.05, 4.69) is 10.3 Å². The summed E-state index contributed by atoms with van der Waals surface area (Å²) < 4.78 is 37.6. The van der Waals surface area contributed by atoms with Gasteiger partial charge < -0.3 is 5.32 Å². The maximum Gasteiger partial charge on any atom is 0.416 e. The Morgan fingerprint density at radius 3 is 2.56 bits per heavy atom. The molecule has 0 saturated heterocycles. The molecule has 1 aromatic carbocycles. The van der Waals surface area contributed by atoms with Gasteiger partial charge in [-0.1, -0.05) is 6.07 Å². The molecule has 18 heavy (non-hydrogen) atoms. The summed E-state index contributed by atoms with van der Waals surface area (Å²) in [5.74, 6) is 0.523. The molecule has 0 aliphatic rings. The van der Waals surface area contributed by atoms with Crippen LogP contribution < -0.4 is 5.32 Å². The Hall–Kier alpha value is -2.04. The van der Waals surface area contributed by atoms with Gasteiger partial charge in [-0.05, 0) is 42.8 Å². The molecule has 0 amide bonds. The zero-order valence-corrected chi connectivity index (χ0v) is 9.62. The van der Waals surface area contributed by atoms with Crippen molar-refractivity contribution < 1.29 is 13.2 Å². The van der Waals surface area contributed by atoms with Crippen LogP contribution in [0.15, 0.2) is 42.6 Å².